The fourth-order valence-corrected chi connectivity index (χ4v) is 7.71. The molecule has 1 aliphatic rings. The molecular weight excluding hydrogens is 1130 g/mol. The van der Waals surface area contributed by atoms with E-state index in [1.807, 2.05) is 25.1 Å². The molecule has 0 fully saturated rings. The van der Waals surface area contributed by atoms with Crippen molar-refractivity contribution in [2.24, 2.45) is 0 Å². The van der Waals surface area contributed by atoms with Crippen molar-refractivity contribution >= 4 is 76.3 Å². The van der Waals surface area contributed by atoms with Crippen LogP contribution in [0.3, 0.4) is 0 Å². The van der Waals surface area contributed by atoms with Crippen LogP contribution in [0, 0.1) is 34.0 Å². The zero-order valence-corrected chi connectivity index (χ0v) is 49.4. The molecule has 0 bridgehead atoms. The first-order chi connectivity index (χ1) is 42.0. The Morgan fingerprint density at radius 3 is 1.43 bits per heavy atom. The van der Waals surface area contributed by atoms with E-state index in [1.54, 1.807) is 71.8 Å². The molecule has 8 N–H and O–H groups in total. The van der Waals surface area contributed by atoms with Gasteiger partial charge in [-0.2, -0.15) is 15.8 Å². The van der Waals surface area contributed by atoms with Gasteiger partial charge in [0, 0.05) is 124 Å². The summed E-state index contributed by atoms with van der Waals surface area (Å²) in [7, 11) is 12.4. The third kappa shape index (κ3) is 19.0. The first-order valence-electron chi connectivity index (χ1n) is 26.5. The van der Waals surface area contributed by atoms with E-state index in [1.165, 1.54) is 66.7 Å². The first kappa shape index (κ1) is 67.7. The van der Waals surface area contributed by atoms with Gasteiger partial charge in [-0.3, -0.25) is 35.4 Å². The smallest absolute Gasteiger partial charge is 0.328 e. The van der Waals surface area contributed by atoms with Gasteiger partial charge in [0.2, 0.25) is 6.29 Å². The third-order valence-corrected chi connectivity index (χ3v) is 12.5. The second-order valence-electron chi connectivity index (χ2n) is 18.1. The third-order valence-electron chi connectivity index (χ3n) is 12.5. The monoisotopic (exact) mass is 1200 g/mol. The molecular formula is C57H68N18O12. The number of carbonyl (C=O) groups excluding carboxylic acids is 4. The number of fused-ring (bicyclic) bond motifs is 1. The number of carbonyl (C=O) groups is 4. The van der Waals surface area contributed by atoms with E-state index < -0.39 is 30.7 Å². The van der Waals surface area contributed by atoms with Crippen molar-refractivity contribution in [3.8, 4) is 18.2 Å². The zero-order valence-electron chi connectivity index (χ0n) is 49.4. The lowest BCUT2D eigenvalue weighted by Gasteiger charge is -2.21. The van der Waals surface area contributed by atoms with Crippen LogP contribution in [0.2, 0.25) is 0 Å². The minimum Gasteiger partial charge on any atom is -0.392 e. The summed E-state index contributed by atoms with van der Waals surface area (Å²) in [6.07, 6.45) is 3.67. The van der Waals surface area contributed by atoms with E-state index in [-0.39, 0.29) is 36.4 Å². The normalized spacial score (nSPS) is 11.8. The number of pyridine rings is 6. The molecule has 0 aromatic carbocycles. The Kier molecular flexibility index (Phi) is 27.0. The summed E-state index contributed by atoms with van der Waals surface area (Å²) >= 11 is 0. The molecule has 7 rings (SSSR count). The maximum absolute atomic E-state index is 12.8. The minimum absolute atomic E-state index is 0.0563. The van der Waals surface area contributed by atoms with Crippen LogP contribution in [0.4, 0.5) is 66.4 Å². The number of ether oxygens (including phenoxy) is 6. The fraction of sp³-hybridized carbons (Fsp3) is 0.351. The number of nitrogens with one attached hydrogen (secondary N) is 6. The number of anilines is 9. The van der Waals surface area contributed by atoms with Gasteiger partial charge in [0.05, 0.1) is 66.8 Å². The molecule has 6 aromatic heterocycles. The lowest BCUT2D eigenvalue weighted by molar-refractivity contribution is -0.109. The lowest BCUT2D eigenvalue weighted by Crippen LogP contribution is -2.32. The van der Waals surface area contributed by atoms with E-state index >= 15 is 0 Å². The number of urea groups is 3. The molecule has 30 heteroatoms. The maximum Gasteiger partial charge on any atom is 0.328 e. The molecule has 87 heavy (non-hydrogen) atoms. The summed E-state index contributed by atoms with van der Waals surface area (Å²) in [5.41, 5.74) is 5.87. The molecule has 0 radical (unpaired) electrons. The molecule has 0 spiro atoms. The van der Waals surface area contributed by atoms with Crippen molar-refractivity contribution in [3.63, 3.8) is 0 Å². The van der Waals surface area contributed by atoms with Gasteiger partial charge < -0.3 is 54.6 Å². The van der Waals surface area contributed by atoms with Crippen LogP contribution < -0.4 is 46.6 Å². The number of aliphatic hydroxyl groups excluding tert-OH is 2. The van der Waals surface area contributed by atoms with Gasteiger partial charge in [0.15, 0.2) is 12.6 Å². The second kappa shape index (κ2) is 34.6. The molecule has 6 amide bonds. The lowest BCUT2D eigenvalue weighted by atomic mass is 10.1. The van der Waals surface area contributed by atoms with E-state index in [0.717, 1.165) is 17.5 Å². The number of aryl methyl sites for hydroxylation is 1. The van der Waals surface area contributed by atoms with Crippen molar-refractivity contribution in [3.05, 3.63) is 124 Å². The maximum atomic E-state index is 12.8. The van der Waals surface area contributed by atoms with Gasteiger partial charge in [-0.15, -0.1) is 0 Å². The number of nitrogens with zero attached hydrogens (tertiary/aromatic N) is 12. The van der Waals surface area contributed by atoms with E-state index in [0.29, 0.717) is 114 Å². The fourth-order valence-electron chi connectivity index (χ4n) is 7.71. The van der Waals surface area contributed by atoms with Crippen molar-refractivity contribution in [1.82, 2.24) is 29.9 Å². The highest BCUT2D eigenvalue weighted by Crippen LogP contribution is 2.30. The predicted molar refractivity (Wildman–Crippen MR) is 320 cm³/mol. The van der Waals surface area contributed by atoms with E-state index in [9.17, 15) is 39.9 Å². The second-order valence-corrected chi connectivity index (χ2v) is 18.1. The van der Waals surface area contributed by atoms with E-state index in [2.05, 4.69) is 67.9 Å². The van der Waals surface area contributed by atoms with Gasteiger partial charge in [0.1, 0.15) is 70.2 Å². The molecule has 1 aliphatic heterocycles. The van der Waals surface area contributed by atoms with Crippen LogP contribution >= 0.6 is 0 Å². The van der Waals surface area contributed by atoms with Crippen molar-refractivity contribution in [2.75, 3.05) is 143 Å². The molecule has 0 saturated carbocycles. The summed E-state index contributed by atoms with van der Waals surface area (Å²) in [6, 6.07) is 19.5. The van der Waals surface area contributed by atoms with Crippen LogP contribution in [0.1, 0.15) is 74.8 Å². The van der Waals surface area contributed by atoms with Gasteiger partial charge in [0.25, 0.3) is 0 Å². The number of rotatable bonds is 24. The van der Waals surface area contributed by atoms with Crippen LogP contribution in [0.5, 0.6) is 0 Å². The quantitative estimate of drug-likeness (QED) is 0.0198. The summed E-state index contributed by atoms with van der Waals surface area (Å²) in [5.74, 6) is 1.82. The van der Waals surface area contributed by atoms with Gasteiger partial charge in [-0.1, -0.05) is 25.1 Å². The standard InChI is InChI=1S/C21H28N6O4.2C18H20N6O4/c1-6-14-7-8-18(26-19(14)20(30-4)31-5)27(2)21(28)25-17-11-16(23-9-10-29-3)15(12-22)13-24-17;1-24(15-4-3-11-10-28-17(25)16(11)23-15)18(26)22-14-7-13(20-5-6-27-2)12(8-19)9-21-14;1-24(17-4-3-12(10-25)15(11-26)22-17)18(27)23-16-7-14(20-5-6-28-2)13(8-19)9-21-16/h7-8,11,13,20H,6,9-10H2,1-5H3,(H2,23,24,25,28);3-4,7,9,17,25H,5-6,10H2,1-2H3,(H2,20,21,22,26);3-4,7,9,11,25H,5-6,10H2,1-2H3,(H2,20,21,23,27). The number of hydrogen-bond donors (Lipinski definition) is 8. The van der Waals surface area contributed by atoms with Crippen LogP contribution in [-0.2, 0) is 48.1 Å². The van der Waals surface area contributed by atoms with E-state index in [4.69, 9.17) is 33.7 Å². The van der Waals surface area contributed by atoms with Crippen molar-refractivity contribution < 1.29 is 57.8 Å². The van der Waals surface area contributed by atoms with Crippen LogP contribution in [0.15, 0.2) is 73.2 Å². The van der Waals surface area contributed by atoms with Crippen molar-refractivity contribution in [2.45, 2.75) is 39.1 Å². The highest BCUT2D eigenvalue weighted by Gasteiger charge is 2.26. The van der Waals surface area contributed by atoms with Gasteiger partial charge in [-0.25, -0.2) is 44.3 Å². The molecule has 6 aromatic rings. The van der Waals surface area contributed by atoms with Crippen molar-refractivity contribution in [1.29, 1.82) is 15.8 Å². The number of aromatic nitrogens is 6. The van der Waals surface area contributed by atoms with Gasteiger partial charge in [-0.05, 0) is 30.2 Å². The number of aldehydes is 1. The summed E-state index contributed by atoms with van der Waals surface area (Å²) in [6.45, 7) is 4.86. The number of methoxy groups -OCH3 is 5. The highest BCUT2D eigenvalue weighted by molar-refractivity contribution is 6.02. The molecule has 458 valence electrons. The molecule has 1 atom stereocenters. The summed E-state index contributed by atoms with van der Waals surface area (Å²) in [5, 5.41) is 63.8. The first-order valence-corrected chi connectivity index (χ1v) is 26.5. The predicted octanol–water partition coefficient (Wildman–Crippen LogP) is 5.90. The largest absolute Gasteiger partial charge is 0.392 e. The van der Waals surface area contributed by atoms with Crippen LogP contribution in [-0.4, -0.2) is 161 Å². The number of nitriles is 3. The molecule has 30 nitrogen and oxygen atoms in total. The Bertz CT molecular complexity index is 3440. The average Bonchev–Trinajstić information content (AvgIpc) is 3.58. The van der Waals surface area contributed by atoms with Gasteiger partial charge >= 0.3 is 18.1 Å². The Morgan fingerprint density at radius 1 is 0.644 bits per heavy atom. The zero-order chi connectivity index (χ0) is 63.4. The summed E-state index contributed by atoms with van der Waals surface area (Å²) in [4.78, 5) is 78.0. The molecule has 0 saturated heterocycles. The number of amides is 6. The molecule has 0 aliphatic carbocycles. The topological polar surface area (TPSA) is 395 Å². The van der Waals surface area contributed by atoms with Crippen LogP contribution in [0.25, 0.3) is 0 Å². The Morgan fingerprint density at radius 2 is 1.05 bits per heavy atom. The summed E-state index contributed by atoms with van der Waals surface area (Å²) < 4.78 is 30.7. The number of hydrogen-bond acceptors (Lipinski definition) is 24. The molecule has 1 unspecified atom stereocenters. The minimum atomic E-state index is -1.09. The Hall–Kier alpha value is -10.1. The highest BCUT2D eigenvalue weighted by atomic mass is 16.7. The average molecular weight is 1200 g/mol. The number of aliphatic hydroxyl groups is 2. The Balaban J connectivity index is 0.000000238. The molecule has 7 heterocycles. The Labute approximate surface area is 502 Å². The SMILES string of the molecule is CCc1ccc(N(C)C(=O)Nc2cc(NCCOC)c(C#N)cn2)nc1C(OC)OC.COCCNc1cc(NC(=O)N(C)c2ccc(CO)c(C=O)n2)ncc1C#N.COCCNc1cc(NC(=O)N(C)c2ccc3c(n2)C(O)OC3)ncc1C#N.